The smallest absolute Gasteiger partial charge is 0.326 e. The van der Waals surface area contributed by atoms with Crippen LogP contribution in [0.2, 0.25) is 0 Å². The Bertz CT molecular complexity index is 388. The van der Waals surface area contributed by atoms with Gasteiger partial charge in [-0.1, -0.05) is 12.1 Å². The van der Waals surface area contributed by atoms with Gasteiger partial charge in [-0.25, -0.2) is 0 Å². The molecule has 6 heteroatoms. The molecule has 4 N–H and O–H groups in total. The second-order valence-corrected chi connectivity index (χ2v) is 3.64. The molecule has 0 radical (unpaired) electrons. The Balaban J connectivity index is 2.90. The molecule has 13 heavy (non-hydrogen) atoms. The standard InChI is InChI=1S/C7H10N2O3S/c8-5-6-2-1-3-7(4-6)9-13(10,11)12/h1-4,9H,5,8H2,(H,10,11,12). The fourth-order valence-electron chi connectivity index (χ4n) is 0.911. The van der Waals surface area contributed by atoms with E-state index in [1.54, 1.807) is 18.2 Å². The Morgan fingerprint density at radius 1 is 1.46 bits per heavy atom. The summed E-state index contributed by atoms with van der Waals surface area (Å²) in [6.07, 6.45) is 0. The zero-order valence-corrected chi connectivity index (χ0v) is 7.58. The van der Waals surface area contributed by atoms with E-state index in [-0.39, 0.29) is 0 Å². The second kappa shape index (κ2) is 3.73. The van der Waals surface area contributed by atoms with E-state index in [9.17, 15) is 8.42 Å². The number of hydrogen-bond acceptors (Lipinski definition) is 3. The molecule has 5 nitrogen and oxygen atoms in total. The number of rotatable bonds is 3. The van der Waals surface area contributed by atoms with Crippen molar-refractivity contribution in [2.75, 3.05) is 4.72 Å². The average Bonchev–Trinajstić information content (AvgIpc) is 2.01. The van der Waals surface area contributed by atoms with Crippen LogP contribution in [0.25, 0.3) is 0 Å². The first-order chi connectivity index (χ1) is 6.01. The van der Waals surface area contributed by atoms with Gasteiger partial charge in [0.25, 0.3) is 0 Å². The minimum absolute atomic E-state index is 0.297. The van der Waals surface area contributed by atoms with Gasteiger partial charge >= 0.3 is 10.3 Å². The highest BCUT2D eigenvalue weighted by molar-refractivity contribution is 7.87. The zero-order chi connectivity index (χ0) is 9.90. The van der Waals surface area contributed by atoms with Crippen LogP contribution in [0.3, 0.4) is 0 Å². The van der Waals surface area contributed by atoms with Gasteiger partial charge in [0.2, 0.25) is 0 Å². The molecule has 0 saturated heterocycles. The topological polar surface area (TPSA) is 92.4 Å². The minimum atomic E-state index is -4.19. The summed E-state index contributed by atoms with van der Waals surface area (Å²) in [5.41, 5.74) is 6.43. The van der Waals surface area contributed by atoms with Crippen molar-refractivity contribution >= 4 is 16.0 Å². The number of anilines is 1. The normalized spacial score (nSPS) is 11.2. The molecule has 0 aliphatic heterocycles. The monoisotopic (exact) mass is 202 g/mol. The van der Waals surface area contributed by atoms with Crippen molar-refractivity contribution in [3.05, 3.63) is 29.8 Å². The van der Waals surface area contributed by atoms with Gasteiger partial charge in [-0.2, -0.15) is 8.42 Å². The van der Waals surface area contributed by atoms with Crippen LogP contribution < -0.4 is 10.5 Å². The maximum Gasteiger partial charge on any atom is 0.357 e. The van der Waals surface area contributed by atoms with Crippen molar-refractivity contribution < 1.29 is 13.0 Å². The SMILES string of the molecule is NCc1cccc(NS(=O)(=O)O)c1. The van der Waals surface area contributed by atoms with Gasteiger partial charge < -0.3 is 5.73 Å². The molecule has 0 bridgehead atoms. The van der Waals surface area contributed by atoms with Gasteiger partial charge in [0.1, 0.15) is 0 Å². The van der Waals surface area contributed by atoms with Crippen molar-refractivity contribution in [3.63, 3.8) is 0 Å². The lowest BCUT2D eigenvalue weighted by Gasteiger charge is -2.03. The predicted molar refractivity (Wildman–Crippen MR) is 49.5 cm³/mol. The van der Waals surface area contributed by atoms with Gasteiger partial charge in [-0.15, -0.1) is 0 Å². The fraction of sp³-hybridized carbons (Fsp3) is 0.143. The molecular weight excluding hydrogens is 192 g/mol. The van der Waals surface area contributed by atoms with Crippen molar-refractivity contribution in [3.8, 4) is 0 Å². The zero-order valence-electron chi connectivity index (χ0n) is 6.77. The van der Waals surface area contributed by atoms with Crippen molar-refractivity contribution in [2.24, 2.45) is 5.73 Å². The summed E-state index contributed by atoms with van der Waals surface area (Å²) >= 11 is 0. The quantitative estimate of drug-likeness (QED) is 0.617. The lowest BCUT2D eigenvalue weighted by molar-refractivity contribution is 0.489. The number of benzene rings is 1. The summed E-state index contributed by atoms with van der Waals surface area (Å²) in [5, 5.41) is 0. The van der Waals surface area contributed by atoms with E-state index in [4.69, 9.17) is 10.3 Å². The van der Waals surface area contributed by atoms with Crippen LogP contribution in [0.1, 0.15) is 5.56 Å². The van der Waals surface area contributed by atoms with Gasteiger partial charge in [0, 0.05) is 6.54 Å². The number of nitrogens with two attached hydrogens (primary N) is 1. The van der Waals surface area contributed by atoms with E-state index < -0.39 is 10.3 Å². The van der Waals surface area contributed by atoms with E-state index in [2.05, 4.69) is 0 Å². The minimum Gasteiger partial charge on any atom is -0.326 e. The molecule has 0 amide bonds. The Kier molecular flexibility index (Phi) is 2.86. The first-order valence-electron chi connectivity index (χ1n) is 3.55. The molecule has 0 spiro atoms. The van der Waals surface area contributed by atoms with Crippen LogP contribution in [0.15, 0.2) is 24.3 Å². The third-order valence-corrected chi connectivity index (χ3v) is 1.90. The van der Waals surface area contributed by atoms with E-state index in [1.165, 1.54) is 6.07 Å². The van der Waals surface area contributed by atoms with Crippen LogP contribution >= 0.6 is 0 Å². The third-order valence-electron chi connectivity index (χ3n) is 1.41. The molecule has 72 valence electrons. The maximum atomic E-state index is 10.4. The molecule has 0 unspecified atom stereocenters. The Morgan fingerprint density at radius 2 is 2.15 bits per heavy atom. The van der Waals surface area contributed by atoms with Crippen molar-refractivity contribution in [2.45, 2.75) is 6.54 Å². The molecule has 1 aromatic rings. The average molecular weight is 202 g/mol. The van der Waals surface area contributed by atoms with Crippen molar-refractivity contribution in [1.29, 1.82) is 0 Å². The molecule has 0 heterocycles. The summed E-state index contributed by atoms with van der Waals surface area (Å²) in [7, 11) is -4.19. The highest BCUT2D eigenvalue weighted by atomic mass is 32.2. The van der Waals surface area contributed by atoms with Crippen LogP contribution in [0.4, 0.5) is 5.69 Å². The number of hydrogen-bond donors (Lipinski definition) is 3. The molecule has 0 fully saturated rings. The summed E-state index contributed by atoms with van der Waals surface area (Å²) in [5.74, 6) is 0. The first-order valence-corrected chi connectivity index (χ1v) is 4.99. The largest absolute Gasteiger partial charge is 0.357 e. The van der Waals surface area contributed by atoms with Gasteiger partial charge in [0.15, 0.2) is 0 Å². The predicted octanol–water partition coefficient (Wildman–Crippen LogP) is 0.360. The van der Waals surface area contributed by atoms with E-state index in [0.717, 1.165) is 5.56 Å². The summed E-state index contributed by atoms with van der Waals surface area (Å²) in [4.78, 5) is 0. The molecule has 0 aliphatic carbocycles. The number of nitrogens with one attached hydrogen (secondary N) is 1. The van der Waals surface area contributed by atoms with Gasteiger partial charge in [-0.3, -0.25) is 9.27 Å². The second-order valence-electron chi connectivity index (χ2n) is 2.48. The van der Waals surface area contributed by atoms with E-state index in [0.29, 0.717) is 12.2 Å². The molecule has 0 aliphatic rings. The van der Waals surface area contributed by atoms with Crippen LogP contribution in [0, 0.1) is 0 Å². The lowest BCUT2D eigenvalue weighted by Crippen LogP contribution is -2.10. The van der Waals surface area contributed by atoms with Gasteiger partial charge in [-0.05, 0) is 17.7 Å². The maximum absolute atomic E-state index is 10.4. The van der Waals surface area contributed by atoms with Gasteiger partial charge in [0.05, 0.1) is 5.69 Å². The molecule has 1 aromatic carbocycles. The summed E-state index contributed by atoms with van der Waals surface area (Å²) < 4.78 is 31.2. The summed E-state index contributed by atoms with van der Waals surface area (Å²) in [6, 6.07) is 6.48. The van der Waals surface area contributed by atoms with Crippen LogP contribution in [0.5, 0.6) is 0 Å². The first kappa shape index (κ1) is 9.97. The van der Waals surface area contributed by atoms with Crippen molar-refractivity contribution in [1.82, 2.24) is 0 Å². The lowest BCUT2D eigenvalue weighted by atomic mass is 10.2. The van der Waals surface area contributed by atoms with E-state index >= 15 is 0 Å². The molecule has 1 rings (SSSR count). The third kappa shape index (κ3) is 3.41. The fourth-order valence-corrected chi connectivity index (χ4v) is 1.34. The summed E-state index contributed by atoms with van der Waals surface area (Å²) in [6.45, 7) is 0.320. The molecule has 0 atom stereocenters. The molecule has 0 aromatic heterocycles. The molecular formula is C7H10N2O3S. The Hall–Kier alpha value is -1.11. The highest BCUT2D eigenvalue weighted by Gasteiger charge is 2.03. The Morgan fingerprint density at radius 3 is 2.69 bits per heavy atom. The van der Waals surface area contributed by atoms with Crippen LogP contribution in [-0.4, -0.2) is 13.0 Å². The highest BCUT2D eigenvalue weighted by Crippen LogP contribution is 2.10. The Labute approximate surface area is 76.5 Å². The molecule has 0 saturated carbocycles. The van der Waals surface area contributed by atoms with Crippen LogP contribution in [-0.2, 0) is 16.8 Å². The van der Waals surface area contributed by atoms with E-state index in [1.807, 2.05) is 4.72 Å².